The fraction of sp³-hybridized carbons (Fsp3) is 0.0870. The summed E-state index contributed by atoms with van der Waals surface area (Å²) in [6, 6.07) is 9.77. The van der Waals surface area contributed by atoms with Crippen LogP contribution in [0.3, 0.4) is 0 Å². The zero-order valence-electron chi connectivity index (χ0n) is 19.0. The van der Waals surface area contributed by atoms with Crippen molar-refractivity contribution in [3.8, 4) is 22.7 Å². The lowest BCUT2D eigenvalue weighted by Gasteiger charge is -2.14. The Balaban J connectivity index is 1.78. The van der Waals surface area contributed by atoms with Crippen LogP contribution in [0.25, 0.3) is 16.9 Å². The second-order valence-corrected chi connectivity index (χ2v) is 10.5. The van der Waals surface area contributed by atoms with Gasteiger partial charge in [0.1, 0.15) is 16.3 Å². The van der Waals surface area contributed by atoms with Gasteiger partial charge in [-0.1, -0.05) is 0 Å². The second kappa shape index (κ2) is 10.3. The van der Waals surface area contributed by atoms with Crippen LogP contribution in [0.15, 0.2) is 53.4 Å². The molecule has 0 unspecified atom stereocenters. The molecule has 0 aliphatic rings. The number of sulfonamides is 1. The number of aromatic nitrogens is 2. The predicted molar refractivity (Wildman–Crippen MR) is 130 cm³/mol. The molecule has 6 nitrogen and oxygen atoms in total. The van der Waals surface area contributed by atoms with E-state index in [4.69, 9.17) is 4.74 Å². The number of rotatable bonds is 6. The first-order chi connectivity index (χ1) is 18.2. The second-order valence-electron chi connectivity index (χ2n) is 7.72. The average molecular weight is 689 g/mol. The van der Waals surface area contributed by atoms with E-state index in [1.165, 1.54) is 58.7 Å². The third-order valence-electron chi connectivity index (χ3n) is 5.28. The summed E-state index contributed by atoms with van der Waals surface area (Å²) in [4.78, 5) is -0.662. The van der Waals surface area contributed by atoms with Crippen molar-refractivity contribution in [2.45, 2.75) is 11.1 Å². The Morgan fingerprint density at radius 3 is 1.95 bits per heavy atom. The zero-order valence-corrected chi connectivity index (χ0v) is 22.0. The van der Waals surface area contributed by atoms with Gasteiger partial charge in [-0.3, -0.25) is 4.72 Å². The topological polar surface area (TPSA) is 73.2 Å². The first-order valence-electron chi connectivity index (χ1n) is 10.3. The number of nitrogens with zero attached hydrogens (tertiary/aromatic N) is 2. The Labute approximate surface area is 228 Å². The number of hydrogen-bond acceptors (Lipinski definition) is 4. The lowest BCUT2D eigenvalue weighted by molar-refractivity contribution is -0.141. The van der Waals surface area contributed by atoms with E-state index in [2.05, 4.69) is 5.10 Å². The number of methoxy groups -OCH3 is 1. The number of nitrogens with one attached hydrogen (secondary N) is 1. The van der Waals surface area contributed by atoms with Gasteiger partial charge in [-0.25, -0.2) is 35.1 Å². The molecule has 4 aromatic rings. The van der Waals surface area contributed by atoms with Crippen molar-refractivity contribution in [1.82, 2.24) is 9.78 Å². The van der Waals surface area contributed by atoms with Gasteiger partial charge < -0.3 is 4.74 Å². The number of anilines is 1. The number of alkyl halides is 3. The first-order valence-corrected chi connectivity index (χ1v) is 12.9. The highest BCUT2D eigenvalue weighted by Gasteiger charge is 2.35. The lowest BCUT2D eigenvalue weighted by atomic mass is 10.1. The van der Waals surface area contributed by atoms with Gasteiger partial charge in [-0.05, 0) is 71.1 Å². The van der Waals surface area contributed by atoms with Crippen LogP contribution in [0, 0.1) is 32.7 Å². The van der Waals surface area contributed by atoms with Gasteiger partial charge in [0.2, 0.25) is 5.82 Å². The van der Waals surface area contributed by atoms with Crippen LogP contribution >= 0.6 is 22.6 Å². The van der Waals surface area contributed by atoms with Crippen molar-refractivity contribution >= 4 is 38.3 Å². The molecule has 1 aromatic heterocycles. The SMILES string of the molecule is COc1ccc(-c2cc(C(F)(F)F)nn2-c2ccc(S(=O)(=O)Nc3c(F)c(F)c(F)c(F)c3F)c(I)c2)cc1. The van der Waals surface area contributed by atoms with E-state index in [9.17, 15) is 43.5 Å². The van der Waals surface area contributed by atoms with E-state index < -0.39 is 61.6 Å². The highest BCUT2D eigenvalue weighted by Crippen LogP contribution is 2.35. The third kappa shape index (κ3) is 5.39. The maximum absolute atomic E-state index is 14.0. The Hall–Kier alpha value is -3.41. The summed E-state index contributed by atoms with van der Waals surface area (Å²) in [5.74, 6) is -11.6. The highest BCUT2D eigenvalue weighted by atomic mass is 127. The number of benzene rings is 3. The average Bonchev–Trinajstić information content (AvgIpc) is 3.35. The van der Waals surface area contributed by atoms with E-state index >= 15 is 0 Å². The van der Waals surface area contributed by atoms with E-state index in [0.29, 0.717) is 11.3 Å². The van der Waals surface area contributed by atoms with Crippen LogP contribution in [0.4, 0.5) is 40.8 Å². The summed E-state index contributed by atoms with van der Waals surface area (Å²) in [7, 11) is -3.54. The Bertz CT molecular complexity index is 1660. The Morgan fingerprint density at radius 2 is 1.44 bits per heavy atom. The molecular weight excluding hydrogens is 677 g/mol. The minimum atomic E-state index is -4.94. The molecule has 0 aliphatic carbocycles. The van der Waals surface area contributed by atoms with Gasteiger partial charge in [0.15, 0.2) is 29.0 Å². The first kappa shape index (κ1) is 28.6. The monoisotopic (exact) mass is 689 g/mol. The van der Waals surface area contributed by atoms with E-state index in [1.807, 2.05) is 0 Å². The molecule has 16 heteroatoms. The zero-order chi connectivity index (χ0) is 28.9. The molecule has 1 heterocycles. The van der Waals surface area contributed by atoms with Gasteiger partial charge in [0.25, 0.3) is 10.0 Å². The molecule has 0 saturated heterocycles. The van der Waals surface area contributed by atoms with Gasteiger partial charge >= 0.3 is 6.18 Å². The molecule has 0 radical (unpaired) electrons. The lowest BCUT2D eigenvalue weighted by Crippen LogP contribution is -2.18. The van der Waals surface area contributed by atoms with Crippen molar-refractivity contribution < 1.29 is 48.3 Å². The molecule has 0 spiro atoms. The van der Waals surface area contributed by atoms with E-state index in [0.717, 1.165) is 28.9 Å². The standard InChI is InChI=1S/C23H12F8IN3O3S/c1-38-12-5-2-10(3-6-12)14-9-16(23(29,30)31)33-35(14)11-4-7-15(13(32)8-11)39(36,37)34-22-20(27)18(25)17(24)19(26)21(22)28/h2-9,34H,1H3. The van der Waals surface area contributed by atoms with Crippen LogP contribution in [0.1, 0.15) is 5.69 Å². The fourth-order valence-electron chi connectivity index (χ4n) is 3.41. The summed E-state index contributed by atoms with van der Waals surface area (Å²) in [6.07, 6.45) is -4.82. The minimum Gasteiger partial charge on any atom is -0.497 e. The molecule has 0 bridgehead atoms. The smallest absolute Gasteiger partial charge is 0.435 e. The van der Waals surface area contributed by atoms with Crippen LogP contribution in [-0.2, 0) is 16.2 Å². The summed E-state index contributed by atoms with van der Waals surface area (Å²) >= 11 is 1.48. The molecule has 0 saturated carbocycles. The summed E-state index contributed by atoms with van der Waals surface area (Å²) in [6.45, 7) is 0. The van der Waals surface area contributed by atoms with Crippen LogP contribution < -0.4 is 9.46 Å². The molecule has 39 heavy (non-hydrogen) atoms. The van der Waals surface area contributed by atoms with E-state index in [-0.39, 0.29) is 15.0 Å². The van der Waals surface area contributed by atoms with Crippen molar-refractivity contribution in [3.05, 3.63) is 86.9 Å². The quantitative estimate of drug-likeness (QED) is 0.106. The molecular formula is C23H12F8IN3O3S. The largest absolute Gasteiger partial charge is 0.497 e. The van der Waals surface area contributed by atoms with Crippen molar-refractivity contribution in [3.63, 3.8) is 0 Å². The molecule has 0 fully saturated rings. The third-order valence-corrected chi connectivity index (χ3v) is 7.95. The summed E-state index contributed by atoms with van der Waals surface area (Å²) < 4.78 is 141. The van der Waals surface area contributed by atoms with Gasteiger partial charge in [-0.2, -0.15) is 18.3 Å². The fourth-order valence-corrected chi connectivity index (χ4v) is 5.90. The number of ether oxygens (including phenoxy) is 1. The van der Waals surface area contributed by atoms with E-state index in [1.54, 1.807) is 0 Å². The van der Waals surface area contributed by atoms with Gasteiger partial charge in [-0.15, -0.1) is 0 Å². The molecule has 3 aromatic carbocycles. The van der Waals surface area contributed by atoms with Gasteiger partial charge in [0.05, 0.1) is 18.5 Å². The number of hydrogen-bond donors (Lipinski definition) is 1. The summed E-state index contributed by atoms with van der Waals surface area (Å²) in [5.41, 5.74) is -2.78. The molecule has 206 valence electrons. The maximum atomic E-state index is 14.0. The maximum Gasteiger partial charge on any atom is 0.435 e. The summed E-state index contributed by atoms with van der Waals surface area (Å²) in [5, 5.41) is 3.60. The van der Waals surface area contributed by atoms with Crippen molar-refractivity contribution in [1.29, 1.82) is 0 Å². The van der Waals surface area contributed by atoms with Crippen LogP contribution in [-0.4, -0.2) is 25.3 Å². The van der Waals surface area contributed by atoms with Crippen molar-refractivity contribution in [2.75, 3.05) is 11.8 Å². The molecule has 1 N–H and O–H groups in total. The Kier molecular flexibility index (Phi) is 7.54. The predicted octanol–water partition coefficient (Wildman–Crippen LogP) is 6.67. The molecule has 0 aliphatic heterocycles. The van der Waals surface area contributed by atoms with Crippen molar-refractivity contribution in [2.24, 2.45) is 0 Å². The Morgan fingerprint density at radius 1 is 0.872 bits per heavy atom. The number of halogens is 9. The van der Waals surface area contributed by atoms with Gasteiger partial charge in [0, 0.05) is 9.13 Å². The molecule has 0 atom stereocenters. The normalized spacial score (nSPS) is 12.1. The minimum absolute atomic E-state index is 0.0177. The highest BCUT2D eigenvalue weighted by molar-refractivity contribution is 14.1. The molecule has 0 amide bonds. The van der Waals surface area contributed by atoms with Crippen LogP contribution in [0.5, 0.6) is 5.75 Å². The molecule has 4 rings (SSSR count). The van der Waals surface area contributed by atoms with Crippen LogP contribution in [0.2, 0.25) is 0 Å².